The highest BCUT2D eigenvalue weighted by atomic mass is 32.1. The van der Waals surface area contributed by atoms with E-state index < -0.39 is 29.9 Å². The number of thiol groups is 1. The van der Waals surface area contributed by atoms with E-state index >= 15 is 0 Å². The third kappa shape index (κ3) is 7.68. The van der Waals surface area contributed by atoms with Gasteiger partial charge in [-0.25, -0.2) is 4.79 Å². The van der Waals surface area contributed by atoms with Crippen LogP contribution in [0.5, 0.6) is 0 Å². The van der Waals surface area contributed by atoms with Crippen LogP contribution in [0.25, 0.3) is 0 Å². The first kappa shape index (κ1) is 17.7. The molecule has 0 aromatic carbocycles. The van der Waals surface area contributed by atoms with E-state index in [9.17, 15) is 14.4 Å². The summed E-state index contributed by atoms with van der Waals surface area (Å²) in [5.41, 5.74) is 5.63. The molecule has 0 aliphatic rings. The Morgan fingerprint density at radius 1 is 1.32 bits per heavy atom. The number of carboxylic acid groups (broad SMARTS) is 1. The van der Waals surface area contributed by atoms with E-state index in [1.165, 1.54) is 0 Å². The first-order valence-electron chi connectivity index (χ1n) is 5.94. The lowest BCUT2D eigenvalue weighted by molar-refractivity contribution is -0.141. The van der Waals surface area contributed by atoms with E-state index in [1.807, 2.05) is 13.8 Å². The maximum Gasteiger partial charge on any atom is 0.327 e. The summed E-state index contributed by atoms with van der Waals surface area (Å²) in [4.78, 5) is 33.6. The molecule has 2 amide bonds. The van der Waals surface area contributed by atoms with Crippen molar-refractivity contribution in [2.75, 3.05) is 12.3 Å². The summed E-state index contributed by atoms with van der Waals surface area (Å²) in [5.74, 6) is -1.95. The second-order valence-corrected chi connectivity index (χ2v) is 4.96. The molecule has 5 N–H and O–H groups in total. The van der Waals surface area contributed by atoms with Crippen LogP contribution in [0.3, 0.4) is 0 Å². The Balaban J connectivity index is 4.09. The molecule has 2 atom stereocenters. The van der Waals surface area contributed by atoms with Crippen LogP contribution in [-0.2, 0) is 14.4 Å². The SMILES string of the molecule is CC(C)CC(N)C(=O)NCC(=O)NC(CS)C(=O)O. The number of amides is 2. The monoisotopic (exact) mass is 291 g/mol. The molecule has 19 heavy (non-hydrogen) atoms. The number of carbonyl (C=O) groups is 3. The fraction of sp³-hybridized carbons (Fsp3) is 0.727. The van der Waals surface area contributed by atoms with Crippen LogP contribution >= 0.6 is 12.6 Å². The van der Waals surface area contributed by atoms with Crippen LogP contribution < -0.4 is 16.4 Å². The van der Waals surface area contributed by atoms with Gasteiger partial charge >= 0.3 is 5.97 Å². The predicted molar refractivity (Wildman–Crippen MR) is 73.9 cm³/mol. The molecular weight excluding hydrogens is 270 g/mol. The van der Waals surface area contributed by atoms with Crippen molar-refractivity contribution in [2.45, 2.75) is 32.4 Å². The van der Waals surface area contributed by atoms with Crippen molar-refractivity contribution in [3.05, 3.63) is 0 Å². The summed E-state index contributed by atoms with van der Waals surface area (Å²) in [6.45, 7) is 3.57. The minimum atomic E-state index is -1.17. The van der Waals surface area contributed by atoms with E-state index in [0.29, 0.717) is 6.42 Å². The number of carboxylic acids is 1. The van der Waals surface area contributed by atoms with Gasteiger partial charge in [0.1, 0.15) is 6.04 Å². The average Bonchev–Trinajstić information content (AvgIpc) is 2.31. The molecule has 0 bridgehead atoms. The highest BCUT2D eigenvalue weighted by molar-refractivity contribution is 7.80. The third-order valence-electron chi connectivity index (χ3n) is 2.30. The summed E-state index contributed by atoms with van der Waals surface area (Å²) < 4.78 is 0. The molecule has 7 nitrogen and oxygen atoms in total. The highest BCUT2D eigenvalue weighted by Gasteiger charge is 2.19. The maximum atomic E-state index is 11.5. The van der Waals surface area contributed by atoms with Gasteiger partial charge in [0.25, 0.3) is 0 Å². The first-order valence-corrected chi connectivity index (χ1v) is 6.57. The molecular formula is C11H21N3O4S. The van der Waals surface area contributed by atoms with Crippen molar-refractivity contribution in [3.8, 4) is 0 Å². The molecule has 0 saturated heterocycles. The van der Waals surface area contributed by atoms with Crippen LogP contribution in [0.2, 0.25) is 0 Å². The van der Waals surface area contributed by atoms with Crippen molar-refractivity contribution in [2.24, 2.45) is 11.7 Å². The lowest BCUT2D eigenvalue weighted by atomic mass is 10.0. The van der Waals surface area contributed by atoms with Crippen molar-refractivity contribution < 1.29 is 19.5 Å². The summed E-state index contributed by atoms with van der Waals surface area (Å²) in [6.07, 6.45) is 0.516. The van der Waals surface area contributed by atoms with E-state index in [1.54, 1.807) is 0 Å². The van der Waals surface area contributed by atoms with E-state index in [-0.39, 0.29) is 18.2 Å². The van der Waals surface area contributed by atoms with Crippen molar-refractivity contribution in [3.63, 3.8) is 0 Å². The van der Waals surface area contributed by atoms with Crippen LogP contribution in [0.1, 0.15) is 20.3 Å². The molecule has 0 radical (unpaired) electrons. The van der Waals surface area contributed by atoms with Crippen LogP contribution in [-0.4, -0.2) is 47.3 Å². The summed E-state index contributed by atoms with van der Waals surface area (Å²) in [7, 11) is 0. The number of hydrogen-bond donors (Lipinski definition) is 5. The van der Waals surface area contributed by atoms with Gasteiger partial charge in [-0.3, -0.25) is 9.59 Å². The molecule has 0 rings (SSSR count). The zero-order valence-electron chi connectivity index (χ0n) is 11.0. The van der Waals surface area contributed by atoms with Gasteiger partial charge < -0.3 is 21.5 Å². The molecule has 110 valence electrons. The number of nitrogens with two attached hydrogens (primary N) is 1. The molecule has 0 aromatic heterocycles. The topological polar surface area (TPSA) is 122 Å². The van der Waals surface area contributed by atoms with Crippen LogP contribution in [0.15, 0.2) is 0 Å². The molecule has 0 aromatic rings. The van der Waals surface area contributed by atoms with E-state index in [2.05, 4.69) is 23.3 Å². The summed E-state index contributed by atoms with van der Waals surface area (Å²) in [5, 5.41) is 13.3. The van der Waals surface area contributed by atoms with Gasteiger partial charge in [0.2, 0.25) is 11.8 Å². The second-order valence-electron chi connectivity index (χ2n) is 4.59. The van der Waals surface area contributed by atoms with E-state index in [4.69, 9.17) is 10.8 Å². The molecule has 0 fully saturated rings. The third-order valence-corrected chi connectivity index (χ3v) is 2.67. The zero-order chi connectivity index (χ0) is 15.0. The average molecular weight is 291 g/mol. The number of aliphatic carboxylic acids is 1. The standard InChI is InChI=1S/C11H21N3O4S/c1-6(2)3-7(12)10(16)13-4-9(15)14-8(5-19)11(17)18/h6-8,19H,3-5,12H2,1-2H3,(H,13,16)(H,14,15)(H,17,18). The number of hydrogen-bond acceptors (Lipinski definition) is 5. The van der Waals surface area contributed by atoms with Crippen LogP contribution in [0, 0.1) is 5.92 Å². The summed E-state index contributed by atoms with van der Waals surface area (Å²) in [6, 6.07) is -1.75. The van der Waals surface area contributed by atoms with Crippen molar-refractivity contribution >= 4 is 30.4 Å². The van der Waals surface area contributed by atoms with Crippen LogP contribution in [0.4, 0.5) is 0 Å². The zero-order valence-corrected chi connectivity index (χ0v) is 11.9. The number of rotatable bonds is 8. The van der Waals surface area contributed by atoms with Gasteiger partial charge in [0.05, 0.1) is 12.6 Å². The molecule has 0 saturated carbocycles. The fourth-order valence-electron chi connectivity index (χ4n) is 1.34. The quantitative estimate of drug-likeness (QED) is 0.366. The Labute approximate surface area is 117 Å². The Morgan fingerprint density at radius 3 is 2.32 bits per heavy atom. The van der Waals surface area contributed by atoms with Gasteiger partial charge in [-0.05, 0) is 12.3 Å². The minimum Gasteiger partial charge on any atom is -0.480 e. The van der Waals surface area contributed by atoms with Gasteiger partial charge in [0.15, 0.2) is 0 Å². The molecule has 0 heterocycles. The Hall–Kier alpha value is -1.28. The number of carbonyl (C=O) groups excluding carboxylic acids is 2. The normalized spacial score (nSPS) is 13.7. The van der Waals surface area contributed by atoms with Gasteiger partial charge in [-0.1, -0.05) is 13.8 Å². The predicted octanol–water partition coefficient (Wildman–Crippen LogP) is -1.02. The number of nitrogens with one attached hydrogen (secondary N) is 2. The molecule has 8 heteroatoms. The van der Waals surface area contributed by atoms with Gasteiger partial charge in [-0.2, -0.15) is 12.6 Å². The second kappa shape index (κ2) is 8.76. The molecule has 0 spiro atoms. The lowest BCUT2D eigenvalue weighted by Crippen LogP contribution is -2.49. The first-order chi connectivity index (χ1) is 8.77. The molecule has 2 unspecified atom stereocenters. The smallest absolute Gasteiger partial charge is 0.327 e. The Morgan fingerprint density at radius 2 is 1.89 bits per heavy atom. The Bertz CT molecular complexity index is 336. The molecule has 0 aliphatic carbocycles. The Kier molecular flexibility index (Phi) is 8.17. The fourth-order valence-corrected chi connectivity index (χ4v) is 1.59. The highest BCUT2D eigenvalue weighted by Crippen LogP contribution is 2.02. The van der Waals surface area contributed by atoms with E-state index in [0.717, 1.165) is 0 Å². The van der Waals surface area contributed by atoms with Crippen molar-refractivity contribution in [1.82, 2.24) is 10.6 Å². The van der Waals surface area contributed by atoms with Crippen molar-refractivity contribution in [1.29, 1.82) is 0 Å². The maximum absolute atomic E-state index is 11.5. The summed E-state index contributed by atoms with van der Waals surface area (Å²) >= 11 is 3.81. The minimum absolute atomic E-state index is 0.0259. The van der Waals surface area contributed by atoms with Gasteiger partial charge in [0, 0.05) is 5.75 Å². The lowest BCUT2D eigenvalue weighted by Gasteiger charge is -2.15. The largest absolute Gasteiger partial charge is 0.480 e. The van der Waals surface area contributed by atoms with Gasteiger partial charge in [-0.15, -0.1) is 0 Å². The molecule has 0 aliphatic heterocycles.